The molecule has 14 heavy (non-hydrogen) atoms. The van der Waals surface area contributed by atoms with E-state index in [0.29, 0.717) is 5.69 Å². The molecule has 0 atom stereocenters. The number of aromatic nitrogens is 1. The lowest BCUT2D eigenvalue weighted by molar-refractivity contribution is -0.117. The monoisotopic (exact) mass is 193 g/mol. The normalized spacial score (nSPS) is 9.43. The molecule has 0 spiro atoms. The van der Waals surface area contributed by atoms with Gasteiger partial charge in [0, 0.05) is 19.2 Å². The first-order valence-corrected chi connectivity index (χ1v) is 4.17. The molecule has 74 valence electrons. The molecule has 0 fully saturated rings. The molecule has 0 unspecified atom stereocenters. The second-order valence-corrected chi connectivity index (χ2v) is 2.69. The summed E-state index contributed by atoms with van der Waals surface area (Å²) in [5.74, 6) is -0.738. The Bertz CT molecular complexity index is 324. The lowest BCUT2D eigenvalue weighted by Gasteiger charge is -2.01. The molecule has 2 amide bonds. The van der Waals surface area contributed by atoms with Crippen LogP contribution in [-0.2, 0) is 4.79 Å². The molecule has 0 aliphatic carbocycles. The molecule has 1 aromatic rings. The summed E-state index contributed by atoms with van der Waals surface area (Å²) in [5, 5.41) is 2.53. The molecule has 1 rings (SSSR count). The van der Waals surface area contributed by atoms with E-state index in [2.05, 4.69) is 10.3 Å². The average molecular weight is 193 g/mol. The predicted molar refractivity (Wildman–Crippen MR) is 50.4 cm³/mol. The van der Waals surface area contributed by atoms with Gasteiger partial charge in [0.1, 0.15) is 5.69 Å². The Morgan fingerprint density at radius 1 is 1.43 bits per heavy atom. The van der Waals surface area contributed by atoms with Crippen molar-refractivity contribution in [2.24, 2.45) is 5.73 Å². The molecule has 1 heterocycles. The Morgan fingerprint density at radius 2 is 2.21 bits per heavy atom. The second-order valence-electron chi connectivity index (χ2n) is 2.69. The molecule has 0 bridgehead atoms. The number of nitrogens with zero attached hydrogens (tertiary/aromatic N) is 1. The number of hydrogen-bond acceptors (Lipinski definition) is 3. The highest BCUT2D eigenvalue weighted by Crippen LogP contribution is 1.92. The van der Waals surface area contributed by atoms with Crippen LogP contribution >= 0.6 is 0 Å². The van der Waals surface area contributed by atoms with Crippen LogP contribution < -0.4 is 11.1 Å². The van der Waals surface area contributed by atoms with Crippen LogP contribution in [0.2, 0.25) is 0 Å². The number of rotatable bonds is 4. The highest BCUT2D eigenvalue weighted by Gasteiger charge is 2.04. The second kappa shape index (κ2) is 4.96. The van der Waals surface area contributed by atoms with E-state index in [1.54, 1.807) is 18.2 Å². The zero-order valence-electron chi connectivity index (χ0n) is 7.56. The maximum atomic E-state index is 11.3. The van der Waals surface area contributed by atoms with E-state index in [-0.39, 0.29) is 18.9 Å². The third-order valence-corrected chi connectivity index (χ3v) is 1.55. The zero-order chi connectivity index (χ0) is 10.4. The van der Waals surface area contributed by atoms with Crippen LogP contribution in [0.5, 0.6) is 0 Å². The van der Waals surface area contributed by atoms with Gasteiger partial charge in [0.15, 0.2) is 0 Å². The lowest BCUT2D eigenvalue weighted by Crippen LogP contribution is -2.28. The third kappa shape index (κ3) is 3.22. The van der Waals surface area contributed by atoms with Crippen LogP contribution in [0.25, 0.3) is 0 Å². The molecule has 0 aromatic carbocycles. The fourth-order valence-corrected chi connectivity index (χ4v) is 0.887. The van der Waals surface area contributed by atoms with Gasteiger partial charge in [0.25, 0.3) is 5.91 Å². The van der Waals surface area contributed by atoms with Crippen molar-refractivity contribution in [3.8, 4) is 0 Å². The Hall–Kier alpha value is -1.91. The van der Waals surface area contributed by atoms with Gasteiger partial charge in [-0.05, 0) is 12.1 Å². The fourth-order valence-electron chi connectivity index (χ4n) is 0.887. The summed E-state index contributed by atoms with van der Waals surface area (Å²) in [6.07, 6.45) is 1.67. The van der Waals surface area contributed by atoms with E-state index in [1.165, 1.54) is 6.20 Å². The summed E-state index contributed by atoms with van der Waals surface area (Å²) < 4.78 is 0. The van der Waals surface area contributed by atoms with Crippen molar-refractivity contribution < 1.29 is 9.59 Å². The van der Waals surface area contributed by atoms with E-state index in [0.717, 1.165) is 0 Å². The fraction of sp³-hybridized carbons (Fsp3) is 0.222. The number of carbonyl (C=O) groups is 2. The zero-order valence-corrected chi connectivity index (χ0v) is 7.56. The standard InChI is InChI=1S/C9H11N3O2/c10-8(13)4-6-12-9(14)7-3-1-2-5-11-7/h1-3,5H,4,6H2,(H2,10,13)(H,12,14). The van der Waals surface area contributed by atoms with Crippen LogP contribution in [-0.4, -0.2) is 23.3 Å². The number of pyridine rings is 1. The molecule has 0 radical (unpaired) electrons. The molecule has 5 nitrogen and oxygen atoms in total. The van der Waals surface area contributed by atoms with Crippen molar-refractivity contribution in [3.63, 3.8) is 0 Å². The van der Waals surface area contributed by atoms with Crippen LogP contribution in [0.4, 0.5) is 0 Å². The number of nitrogens with one attached hydrogen (secondary N) is 1. The maximum absolute atomic E-state index is 11.3. The van der Waals surface area contributed by atoms with Crippen LogP contribution in [0, 0.1) is 0 Å². The number of primary amides is 1. The van der Waals surface area contributed by atoms with E-state index >= 15 is 0 Å². The van der Waals surface area contributed by atoms with Gasteiger partial charge in [0.2, 0.25) is 5.91 Å². The van der Waals surface area contributed by atoms with Crippen molar-refractivity contribution in [1.82, 2.24) is 10.3 Å². The SMILES string of the molecule is NC(=O)CCNC(=O)c1ccccn1. The molecule has 0 saturated heterocycles. The van der Waals surface area contributed by atoms with Gasteiger partial charge in [0.05, 0.1) is 0 Å². The van der Waals surface area contributed by atoms with Gasteiger partial charge in [-0.3, -0.25) is 14.6 Å². The quantitative estimate of drug-likeness (QED) is 0.687. The van der Waals surface area contributed by atoms with Gasteiger partial charge in [-0.25, -0.2) is 0 Å². The summed E-state index contributed by atoms with van der Waals surface area (Å²) in [4.78, 5) is 25.5. The number of amides is 2. The Kier molecular flexibility index (Phi) is 3.60. The Morgan fingerprint density at radius 3 is 2.79 bits per heavy atom. The molecule has 1 aromatic heterocycles. The molecular formula is C9H11N3O2. The van der Waals surface area contributed by atoms with Gasteiger partial charge in [-0.1, -0.05) is 6.07 Å². The summed E-state index contributed by atoms with van der Waals surface area (Å²) in [6.45, 7) is 0.241. The Labute approximate surface area is 81.3 Å². The highest BCUT2D eigenvalue weighted by molar-refractivity contribution is 5.92. The summed E-state index contributed by atoms with van der Waals surface area (Å²) >= 11 is 0. The van der Waals surface area contributed by atoms with Crippen LogP contribution in [0.15, 0.2) is 24.4 Å². The average Bonchev–Trinajstić information content (AvgIpc) is 2.18. The van der Waals surface area contributed by atoms with E-state index in [4.69, 9.17) is 5.73 Å². The first kappa shape index (κ1) is 10.2. The van der Waals surface area contributed by atoms with Crippen LogP contribution in [0.1, 0.15) is 16.9 Å². The smallest absolute Gasteiger partial charge is 0.269 e. The van der Waals surface area contributed by atoms with E-state index < -0.39 is 5.91 Å². The van der Waals surface area contributed by atoms with Crippen molar-refractivity contribution in [2.45, 2.75) is 6.42 Å². The number of nitrogens with two attached hydrogens (primary N) is 1. The first-order valence-electron chi connectivity index (χ1n) is 4.17. The Balaban J connectivity index is 2.40. The topological polar surface area (TPSA) is 85.1 Å². The molecule has 0 saturated carbocycles. The minimum atomic E-state index is -0.439. The molecule has 0 aliphatic rings. The predicted octanol–water partition coefficient (Wildman–Crippen LogP) is -0.313. The third-order valence-electron chi connectivity index (χ3n) is 1.55. The minimum Gasteiger partial charge on any atom is -0.370 e. The summed E-state index contributed by atoms with van der Waals surface area (Å²) in [5.41, 5.74) is 5.24. The highest BCUT2D eigenvalue weighted by atomic mass is 16.2. The summed E-state index contributed by atoms with van der Waals surface area (Å²) in [6, 6.07) is 5.04. The van der Waals surface area contributed by atoms with E-state index in [1.807, 2.05) is 0 Å². The van der Waals surface area contributed by atoms with E-state index in [9.17, 15) is 9.59 Å². The number of hydrogen-bond donors (Lipinski definition) is 2. The van der Waals surface area contributed by atoms with Crippen molar-refractivity contribution in [1.29, 1.82) is 0 Å². The van der Waals surface area contributed by atoms with Crippen molar-refractivity contribution >= 4 is 11.8 Å². The van der Waals surface area contributed by atoms with Gasteiger partial charge < -0.3 is 11.1 Å². The minimum absolute atomic E-state index is 0.137. The van der Waals surface area contributed by atoms with Gasteiger partial charge in [-0.15, -0.1) is 0 Å². The molecular weight excluding hydrogens is 182 g/mol. The number of carbonyl (C=O) groups excluding carboxylic acids is 2. The largest absolute Gasteiger partial charge is 0.370 e. The van der Waals surface area contributed by atoms with Crippen molar-refractivity contribution in [2.75, 3.05) is 6.54 Å². The molecule has 3 N–H and O–H groups in total. The van der Waals surface area contributed by atoms with Gasteiger partial charge >= 0.3 is 0 Å². The van der Waals surface area contributed by atoms with Crippen molar-refractivity contribution in [3.05, 3.63) is 30.1 Å². The van der Waals surface area contributed by atoms with Gasteiger partial charge in [-0.2, -0.15) is 0 Å². The first-order chi connectivity index (χ1) is 6.70. The summed E-state index contributed by atoms with van der Waals surface area (Å²) in [7, 11) is 0. The van der Waals surface area contributed by atoms with Crippen LogP contribution in [0.3, 0.4) is 0 Å². The maximum Gasteiger partial charge on any atom is 0.269 e. The molecule has 5 heteroatoms. The lowest BCUT2D eigenvalue weighted by atomic mass is 10.3. The molecule has 0 aliphatic heterocycles.